The van der Waals surface area contributed by atoms with Gasteiger partial charge in [-0.3, -0.25) is 10.1 Å². The van der Waals surface area contributed by atoms with Crippen LogP contribution in [0.4, 0.5) is 4.79 Å². The van der Waals surface area contributed by atoms with Crippen molar-refractivity contribution in [1.82, 2.24) is 10.6 Å². The second kappa shape index (κ2) is 9.76. The van der Waals surface area contributed by atoms with Gasteiger partial charge in [-0.1, -0.05) is 48.5 Å². The van der Waals surface area contributed by atoms with Crippen LogP contribution >= 0.6 is 0 Å². The molecule has 0 fully saturated rings. The third-order valence-electron chi connectivity index (χ3n) is 3.56. The lowest BCUT2D eigenvalue weighted by molar-refractivity contribution is -0.142. The lowest BCUT2D eigenvalue weighted by Gasteiger charge is -2.10. The number of urea groups is 1. The summed E-state index contributed by atoms with van der Waals surface area (Å²) >= 11 is 0. The van der Waals surface area contributed by atoms with Crippen LogP contribution in [0.3, 0.4) is 0 Å². The second-order valence-corrected chi connectivity index (χ2v) is 5.37. The van der Waals surface area contributed by atoms with Gasteiger partial charge in [-0.25, -0.2) is 9.59 Å². The highest BCUT2D eigenvalue weighted by atomic mass is 16.5. The highest BCUT2D eigenvalue weighted by molar-refractivity contribution is 6.22. The summed E-state index contributed by atoms with van der Waals surface area (Å²) in [4.78, 5) is 35.4. The van der Waals surface area contributed by atoms with E-state index in [9.17, 15) is 14.4 Å². The van der Waals surface area contributed by atoms with Crippen molar-refractivity contribution in [2.45, 2.75) is 0 Å². The molecule has 140 valence electrons. The van der Waals surface area contributed by atoms with E-state index in [2.05, 4.69) is 5.32 Å². The number of nitrogens with one attached hydrogen (secondary N) is 2. The summed E-state index contributed by atoms with van der Waals surface area (Å²) in [7, 11) is 2.91. The monoisotopic (exact) mass is 368 g/mol. The maximum atomic E-state index is 12.6. The number of hydrogen-bond donors (Lipinski definition) is 2. The fourth-order valence-electron chi connectivity index (χ4n) is 2.25. The van der Waals surface area contributed by atoms with Gasteiger partial charge in [0.2, 0.25) is 0 Å². The van der Waals surface area contributed by atoms with E-state index in [4.69, 9.17) is 9.47 Å². The molecule has 0 aliphatic carbocycles. The number of carbonyl (C=O) groups is 3. The molecule has 0 atom stereocenters. The Hall–Kier alpha value is -3.61. The summed E-state index contributed by atoms with van der Waals surface area (Å²) in [6, 6.07) is 15.5. The molecule has 0 heterocycles. The fraction of sp³-hybridized carbons (Fsp3) is 0.150. The molecule has 0 radical (unpaired) electrons. The Balaban J connectivity index is 2.26. The molecule has 0 unspecified atom stereocenters. The van der Waals surface area contributed by atoms with Crippen molar-refractivity contribution >= 4 is 29.6 Å². The molecule has 2 N–H and O–H groups in total. The number of benzene rings is 2. The third kappa shape index (κ3) is 5.71. The molecule has 3 amide bonds. The Bertz CT molecular complexity index is 846. The van der Waals surface area contributed by atoms with Crippen LogP contribution in [0.5, 0.6) is 5.75 Å². The summed E-state index contributed by atoms with van der Waals surface area (Å²) in [6.07, 6.45) is 1.63. The van der Waals surface area contributed by atoms with Crippen LogP contribution in [0.2, 0.25) is 0 Å². The molecule has 0 aliphatic heterocycles. The third-order valence-corrected chi connectivity index (χ3v) is 3.56. The first-order valence-electron chi connectivity index (χ1n) is 8.14. The van der Waals surface area contributed by atoms with Gasteiger partial charge in [-0.2, -0.15) is 0 Å². The SMILES string of the molecule is CNC(=O)NC(=O)COC(=O)/C(=C/c1ccccc1OC)c1ccccc1. The highest BCUT2D eigenvalue weighted by Crippen LogP contribution is 2.25. The molecule has 7 nitrogen and oxygen atoms in total. The Labute approximate surface area is 157 Å². The molecular weight excluding hydrogens is 348 g/mol. The number of imide groups is 1. The quantitative estimate of drug-likeness (QED) is 0.463. The van der Waals surface area contributed by atoms with Crippen LogP contribution in [-0.4, -0.2) is 38.7 Å². The van der Waals surface area contributed by atoms with Crippen LogP contribution < -0.4 is 15.4 Å². The topological polar surface area (TPSA) is 93.7 Å². The number of para-hydroxylation sites is 1. The van der Waals surface area contributed by atoms with E-state index < -0.39 is 24.5 Å². The van der Waals surface area contributed by atoms with Gasteiger partial charge >= 0.3 is 12.0 Å². The zero-order valence-electron chi connectivity index (χ0n) is 15.0. The molecule has 7 heteroatoms. The van der Waals surface area contributed by atoms with Gasteiger partial charge in [0.05, 0.1) is 12.7 Å². The van der Waals surface area contributed by atoms with Gasteiger partial charge in [-0.05, 0) is 17.7 Å². The van der Waals surface area contributed by atoms with Crippen molar-refractivity contribution in [3.05, 3.63) is 65.7 Å². The first-order chi connectivity index (χ1) is 13.0. The second-order valence-electron chi connectivity index (χ2n) is 5.37. The van der Waals surface area contributed by atoms with Crippen LogP contribution in [0.1, 0.15) is 11.1 Å². The van der Waals surface area contributed by atoms with Gasteiger partial charge in [0, 0.05) is 12.6 Å². The van der Waals surface area contributed by atoms with E-state index in [1.54, 1.807) is 42.5 Å². The lowest BCUT2D eigenvalue weighted by atomic mass is 10.0. The summed E-state index contributed by atoms with van der Waals surface area (Å²) in [5.74, 6) is -0.831. The Morgan fingerprint density at radius 1 is 1.00 bits per heavy atom. The highest BCUT2D eigenvalue weighted by Gasteiger charge is 2.17. The first-order valence-corrected chi connectivity index (χ1v) is 8.14. The number of carbonyl (C=O) groups excluding carboxylic acids is 3. The molecule has 2 aromatic rings. The Morgan fingerprint density at radius 3 is 2.33 bits per heavy atom. The number of methoxy groups -OCH3 is 1. The number of esters is 1. The van der Waals surface area contributed by atoms with E-state index >= 15 is 0 Å². The van der Waals surface area contributed by atoms with Crippen molar-refractivity contribution in [3.63, 3.8) is 0 Å². The average Bonchev–Trinajstić information content (AvgIpc) is 2.71. The molecule has 0 aromatic heterocycles. The summed E-state index contributed by atoms with van der Waals surface area (Å²) in [5.41, 5.74) is 1.57. The lowest BCUT2D eigenvalue weighted by Crippen LogP contribution is -2.39. The number of amides is 3. The van der Waals surface area contributed by atoms with Crippen LogP contribution in [0, 0.1) is 0 Å². The van der Waals surface area contributed by atoms with Crippen molar-refractivity contribution in [1.29, 1.82) is 0 Å². The molecule has 0 saturated heterocycles. The summed E-state index contributed by atoms with van der Waals surface area (Å²) < 4.78 is 10.4. The minimum atomic E-state index is -0.729. The molecule has 0 bridgehead atoms. The van der Waals surface area contributed by atoms with Gasteiger partial charge in [0.15, 0.2) is 6.61 Å². The Kier molecular flexibility index (Phi) is 7.13. The van der Waals surface area contributed by atoms with Gasteiger partial charge in [0.1, 0.15) is 5.75 Å². The maximum absolute atomic E-state index is 12.6. The largest absolute Gasteiger partial charge is 0.496 e. The minimum absolute atomic E-state index is 0.257. The van der Waals surface area contributed by atoms with Crippen molar-refractivity contribution in [2.24, 2.45) is 0 Å². The molecule has 2 aromatic carbocycles. The average molecular weight is 368 g/mol. The molecule has 0 saturated carbocycles. The van der Waals surface area contributed by atoms with E-state index in [0.717, 1.165) is 0 Å². The number of ether oxygens (including phenoxy) is 2. The molecular formula is C20H20N2O5. The predicted molar refractivity (Wildman–Crippen MR) is 101 cm³/mol. The molecule has 27 heavy (non-hydrogen) atoms. The first kappa shape index (κ1) is 19.7. The minimum Gasteiger partial charge on any atom is -0.496 e. The van der Waals surface area contributed by atoms with E-state index in [0.29, 0.717) is 16.9 Å². The van der Waals surface area contributed by atoms with Crippen LogP contribution in [0.15, 0.2) is 54.6 Å². The van der Waals surface area contributed by atoms with Gasteiger partial charge in [0.25, 0.3) is 5.91 Å². The number of rotatable bonds is 6. The fourth-order valence-corrected chi connectivity index (χ4v) is 2.25. The molecule has 2 rings (SSSR count). The van der Waals surface area contributed by atoms with Crippen molar-refractivity contribution < 1.29 is 23.9 Å². The van der Waals surface area contributed by atoms with Crippen molar-refractivity contribution in [3.8, 4) is 5.75 Å². The summed E-state index contributed by atoms with van der Waals surface area (Å²) in [6.45, 7) is -0.581. The number of hydrogen-bond acceptors (Lipinski definition) is 5. The molecule has 0 aliphatic rings. The smallest absolute Gasteiger partial charge is 0.339 e. The normalized spacial score (nSPS) is 10.7. The standard InChI is InChI=1S/C20H20N2O5/c1-21-20(25)22-18(23)13-27-19(24)16(14-8-4-3-5-9-14)12-15-10-6-7-11-17(15)26-2/h3-12H,13H2,1-2H3,(H2,21,22,23,25)/b16-12+. The van der Waals surface area contributed by atoms with Gasteiger partial charge in [-0.15, -0.1) is 0 Å². The van der Waals surface area contributed by atoms with E-state index in [1.807, 2.05) is 23.5 Å². The van der Waals surface area contributed by atoms with Crippen LogP contribution in [-0.2, 0) is 14.3 Å². The zero-order valence-corrected chi connectivity index (χ0v) is 15.0. The Morgan fingerprint density at radius 2 is 1.67 bits per heavy atom. The predicted octanol–water partition coefficient (Wildman–Crippen LogP) is 2.23. The van der Waals surface area contributed by atoms with Gasteiger partial charge < -0.3 is 14.8 Å². The van der Waals surface area contributed by atoms with E-state index in [1.165, 1.54) is 14.2 Å². The maximum Gasteiger partial charge on any atom is 0.339 e. The van der Waals surface area contributed by atoms with Crippen LogP contribution in [0.25, 0.3) is 11.6 Å². The van der Waals surface area contributed by atoms with E-state index in [-0.39, 0.29) is 5.57 Å². The molecule has 0 spiro atoms. The zero-order chi connectivity index (χ0) is 19.6. The van der Waals surface area contributed by atoms with Crippen molar-refractivity contribution in [2.75, 3.05) is 20.8 Å². The summed E-state index contributed by atoms with van der Waals surface area (Å²) in [5, 5.41) is 4.27.